The number of carbonyl (C=O) groups is 1. The van der Waals surface area contributed by atoms with Gasteiger partial charge in [0.25, 0.3) is 0 Å². The highest BCUT2D eigenvalue weighted by atomic mass is 31.2. The molecule has 0 aromatic rings. The Morgan fingerprint density at radius 3 is 2.33 bits per heavy atom. The summed E-state index contributed by atoms with van der Waals surface area (Å²) < 4.78 is 10.7. The van der Waals surface area contributed by atoms with Crippen LogP contribution in [0, 0.1) is 0 Å². The second-order valence-electron chi connectivity index (χ2n) is 2.78. The Bertz CT molecular complexity index is 236. The molecule has 1 saturated heterocycles. The third-order valence-electron chi connectivity index (χ3n) is 1.88. The highest BCUT2D eigenvalue weighted by Gasteiger charge is 2.38. The van der Waals surface area contributed by atoms with Crippen LogP contribution in [0.1, 0.15) is 6.42 Å². The molecule has 70 valence electrons. The Balaban J connectivity index is 2.57. The summed E-state index contributed by atoms with van der Waals surface area (Å²) in [5.41, 5.74) is -0.849. The van der Waals surface area contributed by atoms with Gasteiger partial charge in [0.1, 0.15) is 6.04 Å². The van der Waals surface area contributed by atoms with Gasteiger partial charge in [0, 0.05) is 6.54 Å². The van der Waals surface area contributed by atoms with Gasteiger partial charge in [-0.25, -0.2) is 0 Å². The van der Waals surface area contributed by atoms with Crippen molar-refractivity contribution in [1.29, 1.82) is 0 Å². The van der Waals surface area contributed by atoms with E-state index in [-0.39, 0.29) is 13.0 Å². The molecule has 2 atom stereocenters. The second kappa shape index (κ2) is 3.14. The quantitative estimate of drug-likeness (QED) is 0.420. The highest BCUT2D eigenvalue weighted by molar-refractivity contribution is 7.52. The van der Waals surface area contributed by atoms with Crippen LogP contribution >= 0.6 is 7.60 Å². The first-order chi connectivity index (χ1) is 5.41. The molecule has 7 heteroatoms. The molecule has 12 heavy (non-hydrogen) atoms. The molecule has 1 heterocycles. The van der Waals surface area contributed by atoms with Gasteiger partial charge in [-0.15, -0.1) is 0 Å². The molecule has 4 N–H and O–H groups in total. The zero-order valence-electron chi connectivity index (χ0n) is 6.17. The summed E-state index contributed by atoms with van der Waals surface area (Å²) in [7, 11) is -4.12. The summed E-state index contributed by atoms with van der Waals surface area (Å²) in [6.45, 7) is 0.0707. The van der Waals surface area contributed by atoms with Crippen molar-refractivity contribution in [2.24, 2.45) is 0 Å². The van der Waals surface area contributed by atoms with Gasteiger partial charge in [-0.1, -0.05) is 0 Å². The normalized spacial score (nSPS) is 30.5. The zero-order chi connectivity index (χ0) is 9.35. The van der Waals surface area contributed by atoms with Crippen molar-refractivity contribution in [1.82, 2.24) is 5.32 Å². The van der Waals surface area contributed by atoms with Crippen molar-refractivity contribution in [3.8, 4) is 0 Å². The van der Waals surface area contributed by atoms with Gasteiger partial charge in [0.2, 0.25) is 0 Å². The molecule has 6 nitrogen and oxygen atoms in total. The number of carboxylic acid groups (broad SMARTS) is 1. The molecule has 1 aliphatic rings. The fourth-order valence-electron chi connectivity index (χ4n) is 1.16. The molecule has 0 bridgehead atoms. The lowest BCUT2D eigenvalue weighted by Crippen LogP contribution is -2.29. The van der Waals surface area contributed by atoms with Crippen LogP contribution in [0.25, 0.3) is 0 Å². The molecule has 0 amide bonds. The zero-order valence-corrected chi connectivity index (χ0v) is 7.07. The van der Waals surface area contributed by atoms with Gasteiger partial charge < -0.3 is 20.2 Å². The van der Waals surface area contributed by atoms with Crippen LogP contribution in [-0.4, -0.2) is 39.1 Å². The van der Waals surface area contributed by atoms with Crippen molar-refractivity contribution < 1.29 is 24.3 Å². The van der Waals surface area contributed by atoms with Gasteiger partial charge >= 0.3 is 13.6 Å². The predicted octanol–water partition coefficient (Wildman–Crippen LogP) is -1.02. The smallest absolute Gasteiger partial charge is 0.329 e. The highest BCUT2D eigenvalue weighted by Crippen LogP contribution is 2.44. The summed E-state index contributed by atoms with van der Waals surface area (Å²) in [5, 5.41) is 11.0. The maximum absolute atomic E-state index is 10.7. The van der Waals surface area contributed by atoms with Crippen molar-refractivity contribution in [3.63, 3.8) is 0 Å². The predicted molar refractivity (Wildman–Crippen MR) is 39.9 cm³/mol. The first kappa shape index (κ1) is 9.67. The number of hydrogen-bond acceptors (Lipinski definition) is 3. The molecule has 0 unspecified atom stereocenters. The molecular weight excluding hydrogens is 185 g/mol. The molecule has 0 aromatic heterocycles. The maximum atomic E-state index is 10.7. The summed E-state index contributed by atoms with van der Waals surface area (Å²) in [6, 6.07) is -0.817. The van der Waals surface area contributed by atoms with Crippen molar-refractivity contribution in [2.75, 3.05) is 6.54 Å². The fourth-order valence-corrected chi connectivity index (χ4v) is 1.99. The Morgan fingerprint density at radius 1 is 1.50 bits per heavy atom. The largest absolute Gasteiger partial charge is 0.480 e. The number of aliphatic carboxylic acids is 1. The van der Waals surface area contributed by atoms with E-state index in [9.17, 15) is 9.36 Å². The van der Waals surface area contributed by atoms with Crippen LogP contribution in [0.15, 0.2) is 0 Å². The SMILES string of the molecule is O=C(O)[C@H]1C[C@@H](P(=O)(O)O)CN1. The van der Waals surface area contributed by atoms with Gasteiger partial charge in [-0.2, -0.15) is 0 Å². The number of hydrogen-bond donors (Lipinski definition) is 4. The van der Waals surface area contributed by atoms with Crippen LogP contribution in [0.5, 0.6) is 0 Å². The monoisotopic (exact) mass is 195 g/mol. The standard InChI is InChI=1S/C5H10NO5P/c7-5(8)4-1-3(2-6-4)12(9,10)11/h3-4,6H,1-2H2,(H,7,8)(H2,9,10,11)/t3-,4-/m1/s1. The van der Waals surface area contributed by atoms with E-state index in [0.29, 0.717) is 0 Å². The van der Waals surface area contributed by atoms with E-state index < -0.39 is 25.3 Å². The van der Waals surface area contributed by atoms with Crippen LogP contribution in [0.2, 0.25) is 0 Å². The Morgan fingerprint density at radius 2 is 2.08 bits per heavy atom. The molecule has 0 radical (unpaired) electrons. The van der Waals surface area contributed by atoms with Crippen LogP contribution < -0.4 is 5.32 Å². The van der Waals surface area contributed by atoms with Crippen LogP contribution in [0.3, 0.4) is 0 Å². The summed E-state index contributed by atoms with van der Waals surface area (Å²) in [5.74, 6) is -1.06. The minimum absolute atomic E-state index is 0.000386. The number of rotatable bonds is 2. The molecule has 0 aromatic carbocycles. The molecule has 0 saturated carbocycles. The van der Waals surface area contributed by atoms with E-state index in [1.165, 1.54) is 0 Å². The molecule has 1 aliphatic heterocycles. The summed E-state index contributed by atoms with van der Waals surface area (Å²) in [6.07, 6.45) is -0.000386. The van der Waals surface area contributed by atoms with Crippen LogP contribution in [-0.2, 0) is 9.36 Å². The average Bonchev–Trinajstić information content (AvgIpc) is 2.30. The second-order valence-corrected chi connectivity index (χ2v) is 4.69. The lowest BCUT2D eigenvalue weighted by molar-refractivity contribution is -0.139. The van der Waals surface area contributed by atoms with Gasteiger partial charge in [-0.05, 0) is 6.42 Å². The van der Waals surface area contributed by atoms with E-state index in [1.807, 2.05) is 0 Å². The van der Waals surface area contributed by atoms with E-state index in [2.05, 4.69) is 5.32 Å². The van der Waals surface area contributed by atoms with Crippen LogP contribution in [0.4, 0.5) is 0 Å². The van der Waals surface area contributed by atoms with Crippen molar-refractivity contribution in [3.05, 3.63) is 0 Å². The third kappa shape index (κ3) is 2.04. The Kier molecular flexibility index (Phi) is 2.53. The Labute approximate surface area is 68.8 Å². The topological polar surface area (TPSA) is 107 Å². The van der Waals surface area contributed by atoms with Crippen molar-refractivity contribution in [2.45, 2.75) is 18.1 Å². The lowest BCUT2D eigenvalue weighted by atomic mass is 10.2. The average molecular weight is 195 g/mol. The number of carboxylic acids is 1. The van der Waals surface area contributed by atoms with E-state index in [4.69, 9.17) is 14.9 Å². The molecular formula is C5H10NO5P. The minimum Gasteiger partial charge on any atom is -0.480 e. The van der Waals surface area contributed by atoms with E-state index >= 15 is 0 Å². The van der Waals surface area contributed by atoms with E-state index in [0.717, 1.165) is 0 Å². The first-order valence-electron chi connectivity index (χ1n) is 3.42. The van der Waals surface area contributed by atoms with E-state index in [1.54, 1.807) is 0 Å². The molecule has 1 rings (SSSR count). The minimum atomic E-state index is -4.12. The van der Waals surface area contributed by atoms with Gasteiger partial charge in [0.05, 0.1) is 5.66 Å². The third-order valence-corrected chi connectivity index (χ3v) is 3.23. The molecule has 0 aliphatic carbocycles. The first-order valence-corrected chi connectivity index (χ1v) is 5.11. The molecule has 1 fully saturated rings. The maximum Gasteiger partial charge on any atom is 0.329 e. The van der Waals surface area contributed by atoms with Gasteiger partial charge in [0.15, 0.2) is 0 Å². The summed E-state index contributed by atoms with van der Waals surface area (Å²) >= 11 is 0. The summed E-state index contributed by atoms with van der Waals surface area (Å²) in [4.78, 5) is 27.7. The molecule has 0 spiro atoms. The Hall–Kier alpha value is -0.420. The fraction of sp³-hybridized carbons (Fsp3) is 0.800. The number of nitrogens with one attached hydrogen (secondary N) is 1. The van der Waals surface area contributed by atoms with Gasteiger partial charge in [-0.3, -0.25) is 9.36 Å². The van der Waals surface area contributed by atoms with Crippen molar-refractivity contribution >= 4 is 13.6 Å². The lowest BCUT2D eigenvalue weighted by Gasteiger charge is -2.09.